The van der Waals surface area contributed by atoms with E-state index in [0.717, 1.165) is 50.0 Å². The molecule has 2 fully saturated rings. The fraction of sp³-hybridized carbons (Fsp3) is 0.429. The fourth-order valence-corrected chi connectivity index (χ4v) is 12.3. The number of benzene rings is 4. The van der Waals surface area contributed by atoms with Crippen molar-refractivity contribution >= 4 is 30.5 Å². The number of nitrogen functional groups attached to an aromatic ring is 1. The minimum absolute atomic E-state index is 0.0302. The molecule has 0 aliphatic heterocycles. The second-order valence-electron chi connectivity index (χ2n) is 13.9. The van der Waals surface area contributed by atoms with Gasteiger partial charge in [-0.2, -0.15) is 0 Å². The lowest BCUT2D eigenvalue weighted by Gasteiger charge is -2.40. The predicted octanol–water partition coefficient (Wildman–Crippen LogP) is 12.3. The Bertz CT molecular complexity index is 1610. The molecule has 0 heterocycles. The van der Waals surface area contributed by atoms with Gasteiger partial charge in [0.1, 0.15) is 11.5 Å². The van der Waals surface area contributed by atoms with E-state index in [9.17, 15) is 0 Å². The van der Waals surface area contributed by atoms with E-state index in [1.807, 2.05) is 12.1 Å². The Morgan fingerprint density at radius 3 is 1.55 bits per heavy atom. The van der Waals surface area contributed by atoms with E-state index in [-0.39, 0.29) is 12.2 Å². The second-order valence-corrected chi connectivity index (χ2v) is 17.0. The van der Waals surface area contributed by atoms with Crippen LogP contribution < -0.4 is 20.5 Å². The molecule has 2 N–H and O–H groups in total. The van der Waals surface area contributed by atoms with E-state index < -0.39 is 7.92 Å². The van der Waals surface area contributed by atoms with E-state index in [1.54, 1.807) is 0 Å². The minimum atomic E-state index is -0.567. The summed E-state index contributed by atoms with van der Waals surface area (Å²) in [6, 6.07) is 27.6. The highest BCUT2D eigenvalue weighted by Gasteiger charge is 2.37. The monoisotopic (exact) mass is 667 g/mol. The zero-order valence-corrected chi connectivity index (χ0v) is 30.3. The van der Waals surface area contributed by atoms with Crippen LogP contribution in [0.15, 0.2) is 78.9 Å². The predicted molar refractivity (Wildman–Crippen MR) is 204 cm³/mol. The molecule has 3 nitrogen and oxygen atoms in total. The molecule has 6 rings (SSSR count). The quantitative estimate of drug-likeness (QED) is 0.135. The van der Waals surface area contributed by atoms with E-state index in [1.165, 1.54) is 75.1 Å². The van der Waals surface area contributed by atoms with E-state index >= 15 is 0 Å². The van der Waals surface area contributed by atoms with Crippen molar-refractivity contribution in [3.63, 3.8) is 0 Å². The Morgan fingerprint density at radius 1 is 0.574 bits per heavy atom. The number of para-hydroxylation sites is 1. The molecule has 2 saturated carbocycles. The van der Waals surface area contributed by atoms with Crippen LogP contribution in [0.1, 0.15) is 91.9 Å². The molecular weight excluding hydrogens is 617 g/mol. The summed E-state index contributed by atoms with van der Waals surface area (Å²) in [6.07, 6.45) is 13.2. The smallest absolute Gasteiger partial charge is 0.131 e. The largest absolute Gasteiger partial charge is 0.490 e. The molecular formula is C42H51ClNO2P. The van der Waals surface area contributed by atoms with Gasteiger partial charge in [0, 0.05) is 22.1 Å². The van der Waals surface area contributed by atoms with E-state index in [2.05, 4.69) is 94.4 Å². The van der Waals surface area contributed by atoms with Crippen LogP contribution >= 0.6 is 19.5 Å². The van der Waals surface area contributed by atoms with Crippen LogP contribution in [-0.4, -0.2) is 23.5 Å². The number of nitrogens with two attached hydrogens (primary N) is 1. The van der Waals surface area contributed by atoms with Crippen molar-refractivity contribution in [1.29, 1.82) is 0 Å². The third-order valence-corrected chi connectivity index (χ3v) is 13.9. The molecule has 5 heteroatoms. The molecule has 4 aromatic carbocycles. The van der Waals surface area contributed by atoms with Gasteiger partial charge in [-0.3, -0.25) is 0 Å². The first-order chi connectivity index (χ1) is 22.8. The van der Waals surface area contributed by atoms with Gasteiger partial charge in [-0.15, -0.1) is 0 Å². The van der Waals surface area contributed by atoms with Gasteiger partial charge in [0.2, 0.25) is 0 Å². The summed E-state index contributed by atoms with van der Waals surface area (Å²) < 4.78 is 13.1. The lowest BCUT2D eigenvalue weighted by molar-refractivity contribution is 0.231. The first kappa shape index (κ1) is 33.9. The molecule has 0 amide bonds. The zero-order valence-electron chi connectivity index (χ0n) is 28.6. The molecule has 47 heavy (non-hydrogen) atoms. The lowest BCUT2D eigenvalue weighted by Crippen LogP contribution is -2.28. The van der Waals surface area contributed by atoms with Crippen LogP contribution in [0.5, 0.6) is 11.5 Å². The molecule has 0 unspecified atom stereocenters. The molecule has 0 saturated heterocycles. The van der Waals surface area contributed by atoms with Crippen LogP contribution in [0, 0.1) is 0 Å². The summed E-state index contributed by atoms with van der Waals surface area (Å²) >= 11 is 7.95. The first-order valence-electron chi connectivity index (χ1n) is 17.8. The van der Waals surface area contributed by atoms with Crippen molar-refractivity contribution in [2.75, 3.05) is 5.73 Å². The molecule has 0 aromatic heterocycles. The minimum Gasteiger partial charge on any atom is -0.490 e. The number of halogens is 1. The highest BCUT2D eigenvalue weighted by Crippen LogP contribution is 2.59. The normalized spacial score (nSPS) is 16.3. The van der Waals surface area contributed by atoms with Gasteiger partial charge in [0.15, 0.2) is 0 Å². The molecule has 0 atom stereocenters. The van der Waals surface area contributed by atoms with Crippen molar-refractivity contribution in [2.24, 2.45) is 0 Å². The maximum absolute atomic E-state index is 7.95. The number of anilines is 1. The SMILES string of the molecule is CC(C)Oc1cccc(OC(C)C)c1-c1ccc(-c2ccccc2-c2ccccc2N)c(Cl)c1P(C1CCCCC1)C1CCCCC1. The van der Waals surface area contributed by atoms with Crippen molar-refractivity contribution in [3.8, 4) is 44.9 Å². The zero-order chi connectivity index (χ0) is 32.9. The lowest BCUT2D eigenvalue weighted by atomic mass is 9.92. The Labute approximate surface area is 289 Å². The van der Waals surface area contributed by atoms with Crippen molar-refractivity contribution in [3.05, 3.63) is 83.9 Å². The Balaban J connectivity index is 1.65. The first-order valence-corrected chi connectivity index (χ1v) is 19.7. The van der Waals surface area contributed by atoms with Gasteiger partial charge in [-0.25, -0.2) is 0 Å². The third kappa shape index (κ3) is 7.53. The standard InChI is InChI=1S/C42H51ClNO2P/c1-28(2)45-38-24-15-25-39(46-29(3)4)40(38)36-27-26-35(33-21-12-11-20-32(33)34-22-13-14-23-37(34)44)41(43)42(36)47(30-16-7-5-8-17-30)31-18-9-6-10-19-31/h11-15,20-31H,5-10,16-19,44H2,1-4H3. The van der Waals surface area contributed by atoms with Crippen LogP contribution in [0.4, 0.5) is 5.69 Å². The van der Waals surface area contributed by atoms with E-state index in [0.29, 0.717) is 11.3 Å². The molecule has 4 aromatic rings. The fourth-order valence-electron chi connectivity index (χ4n) is 7.78. The maximum Gasteiger partial charge on any atom is 0.131 e. The van der Waals surface area contributed by atoms with Gasteiger partial charge >= 0.3 is 0 Å². The van der Waals surface area contributed by atoms with Crippen molar-refractivity contribution in [1.82, 2.24) is 0 Å². The molecule has 248 valence electrons. The summed E-state index contributed by atoms with van der Waals surface area (Å²) in [5, 5.41) is 2.24. The van der Waals surface area contributed by atoms with E-state index in [4.69, 9.17) is 26.8 Å². The maximum atomic E-state index is 7.95. The third-order valence-electron chi connectivity index (χ3n) is 9.76. The molecule has 0 spiro atoms. The topological polar surface area (TPSA) is 44.5 Å². The molecule has 2 aliphatic rings. The van der Waals surface area contributed by atoms with Gasteiger partial charge in [0.25, 0.3) is 0 Å². The van der Waals surface area contributed by atoms with Crippen molar-refractivity contribution in [2.45, 2.75) is 115 Å². The van der Waals surface area contributed by atoms with Gasteiger partial charge in [0.05, 0.1) is 22.8 Å². The van der Waals surface area contributed by atoms with Crippen LogP contribution in [0.25, 0.3) is 33.4 Å². The van der Waals surface area contributed by atoms with Gasteiger partial charge in [-0.05, 0) is 99.6 Å². The number of hydrogen-bond acceptors (Lipinski definition) is 3. The average molecular weight is 668 g/mol. The van der Waals surface area contributed by atoms with Crippen LogP contribution in [0.2, 0.25) is 5.02 Å². The molecule has 2 aliphatic carbocycles. The van der Waals surface area contributed by atoms with Gasteiger partial charge < -0.3 is 15.2 Å². The summed E-state index contributed by atoms with van der Waals surface area (Å²) in [7, 11) is -0.567. The van der Waals surface area contributed by atoms with Crippen molar-refractivity contribution < 1.29 is 9.47 Å². The Hall–Kier alpha value is -3.00. The van der Waals surface area contributed by atoms with Crippen LogP contribution in [-0.2, 0) is 0 Å². The highest BCUT2D eigenvalue weighted by atomic mass is 35.5. The molecule has 0 bridgehead atoms. The Morgan fingerprint density at radius 2 is 1.04 bits per heavy atom. The average Bonchev–Trinajstić information content (AvgIpc) is 3.07. The number of ether oxygens (including phenoxy) is 2. The van der Waals surface area contributed by atoms with Crippen LogP contribution in [0.3, 0.4) is 0 Å². The number of hydrogen-bond donors (Lipinski definition) is 1. The second kappa shape index (κ2) is 15.5. The summed E-state index contributed by atoms with van der Waals surface area (Å²) in [6.45, 7) is 8.39. The van der Waals surface area contributed by atoms with Gasteiger partial charge in [-0.1, -0.05) is 119 Å². The summed E-state index contributed by atoms with van der Waals surface area (Å²) in [5.74, 6) is 1.73. The number of rotatable bonds is 10. The summed E-state index contributed by atoms with van der Waals surface area (Å²) in [5.41, 5.74) is 15.2. The Kier molecular flexibility index (Phi) is 11.2. The summed E-state index contributed by atoms with van der Waals surface area (Å²) in [4.78, 5) is 0. The highest BCUT2D eigenvalue weighted by molar-refractivity contribution is 7.67. The molecule has 0 radical (unpaired) electrons.